The second-order valence-electron chi connectivity index (χ2n) is 5.43. The van der Waals surface area contributed by atoms with Gasteiger partial charge in [0.25, 0.3) is 5.91 Å². The highest BCUT2D eigenvalue weighted by atomic mass is 32.1. The molecule has 0 aliphatic heterocycles. The molecule has 2 aromatic rings. The van der Waals surface area contributed by atoms with Gasteiger partial charge in [-0.15, -0.1) is 11.3 Å². The number of nitrogens with one attached hydrogen (secondary N) is 1. The van der Waals surface area contributed by atoms with Gasteiger partial charge in [0.15, 0.2) is 0 Å². The predicted octanol–water partition coefficient (Wildman–Crippen LogP) is 2.93. The van der Waals surface area contributed by atoms with Crippen molar-refractivity contribution in [2.45, 2.75) is 33.0 Å². The average Bonchev–Trinajstić information content (AvgIpc) is 2.94. The fourth-order valence-electron chi connectivity index (χ4n) is 2.24. The van der Waals surface area contributed by atoms with Crippen LogP contribution in [0.4, 0.5) is 0 Å². The van der Waals surface area contributed by atoms with Crippen molar-refractivity contribution in [3.8, 4) is 0 Å². The number of carbonyl (C=O) groups is 1. The molecular weight excluding hydrogens is 312 g/mol. The summed E-state index contributed by atoms with van der Waals surface area (Å²) >= 11 is 1.32. The van der Waals surface area contributed by atoms with Crippen LogP contribution in [0.2, 0.25) is 0 Å². The van der Waals surface area contributed by atoms with E-state index in [9.17, 15) is 9.90 Å². The fourth-order valence-corrected chi connectivity index (χ4v) is 3.26. The van der Waals surface area contributed by atoms with Gasteiger partial charge in [0, 0.05) is 13.7 Å². The van der Waals surface area contributed by atoms with Gasteiger partial charge in [-0.2, -0.15) is 0 Å². The molecule has 2 unspecified atom stereocenters. The summed E-state index contributed by atoms with van der Waals surface area (Å²) in [5.74, 6) is -0.220. The molecule has 0 aliphatic carbocycles. The molecule has 2 rings (SSSR count). The summed E-state index contributed by atoms with van der Waals surface area (Å²) in [5, 5.41) is 13.8. The monoisotopic (exact) mass is 334 g/mol. The van der Waals surface area contributed by atoms with E-state index < -0.39 is 6.10 Å². The Hall–Kier alpha value is -1.76. The lowest BCUT2D eigenvalue weighted by Crippen LogP contribution is -2.28. The molecule has 1 aromatic carbocycles. The van der Waals surface area contributed by atoms with E-state index >= 15 is 0 Å². The van der Waals surface area contributed by atoms with Crippen molar-refractivity contribution in [2.24, 2.45) is 0 Å². The Morgan fingerprint density at radius 3 is 2.74 bits per heavy atom. The Morgan fingerprint density at radius 1 is 1.39 bits per heavy atom. The Morgan fingerprint density at radius 2 is 2.09 bits per heavy atom. The molecule has 2 N–H and O–H groups in total. The minimum absolute atomic E-state index is 0.141. The number of rotatable bonds is 6. The quantitative estimate of drug-likeness (QED) is 0.852. The SMILES string of the molecule is COC(C)c1nc(C)c(C(=O)NCC(O)c2ccccc2C)s1. The fraction of sp³-hybridized carbons (Fsp3) is 0.412. The van der Waals surface area contributed by atoms with E-state index in [1.807, 2.05) is 38.1 Å². The zero-order chi connectivity index (χ0) is 17.0. The molecule has 0 aliphatic rings. The van der Waals surface area contributed by atoms with E-state index in [0.29, 0.717) is 10.6 Å². The van der Waals surface area contributed by atoms with Crippen LogP contribution in [-0.4, -0.2) is 29.7 Å². The van der Waals surface area contributed by atoms with Gasteiger partial charge in [-0.25, -0.2) is 4.98 Å². The third kappa shape index (κ3) is 4.16. The van der Waals surface area contributed by atoms with E-state index in [2.05, 4.69) is 10.3 Å². The molecule has 2 atom stereocenters. The average molecular weight is 334 g/mol. The van der Waals surface area contributed by atoms with Crippen molar-refractivity contribution in [1.82, 2.24) is 10.3 Å². The molecule has 6 heteroatoms. The molecule has 0 saturated heterocycles. The maximum Gasteiger partial charge on any atom is 0.263 e. The number of aryl methyl sites for hydroxylation is 2. The summed E-state index contributed by atoms with van der Waals surface area (Å²) in [7, 11) is 1.61. The standard InChI is InChI=1S/C17H22N2O3S/c1-10-7-5-6-8-13(10)14(20)9-18-16(21)15-11(2)19-17(23-15)12(3)22-4/h5-8,12,14,20H,9H2,1-4H3,(H,18,21). The molecule has 0 fully saturated rings. The molecule has 124 valence electrons. The maximum absolute atomic E-state index is 12.3. The first-order valence-corrected chi connectivity index (χ1v) is 8.27. The van der Waals surface area contributed by atoms with Crippen LogP contribution >= 0.6 is 11.3 Å². The highest BCUT2D eigenvalue weighted by Crippen LogP contribution is 2.25. The number of nitrogens with zero attached hydrogens (tertiary/aromatic N) is 1. The highest BCUT2D eigenvalue weighted by molar-refractivity contribution is 7.13. The van der Waals surface area contributed by atoms with Crippen LogP contribution in [-0.2, 0) is 4.74 Å². The normalized spacial score (nSPS) is 13.6. The maximum atomic E-state index is 12.3. The van der Waals surface area contributed by atoms with Crippen LogP contribution in [0.1, 0.15) is 50.6 Å². The van der Waals surface area contributed by atoms with Gasteiger partial charge in [0.2, 0.25) is 0 Å². The minimum Gasteiger partial charge on any atom is -0.387 e. The van der Waals surface area contributed by atoms with E-state index in [1.165, 1.54) is 11.3 Å². The smallest absolute Gasteiger partial charge is 0.263 e. The largest absolute Gasteiger partial charge is 0.387 e. The van der Waals surface area contributed by atoms with Crippen molar-refractivity contribution in [1.29, 1.82) is 0 Å². The zero-order valence-corrected chi connectivity index (χ0v) is 14.6. The number of hydrogen-bond donors (Lipinski definition) is 2. The molecule has 1 amide bonds. The summed E-state index contributed by atoms with van der Waals surface area (Å²) in [5.41, 5.74) is 2.50. The third-order valence-corrected chi connectivity index (χ3v) is 5.04. The van der Waals surface area contributed by atoms with E-state index in [4.69, 9.17) is 4.74 Å². The number of thiazole rings is 1. The van der Waals surface area contributed by atoms with E-state index in [0.717, 1.165) is 16.1 Å². The second-order valence-corrected chi connectivity index (χ2v) is 6.46. The van der Waals surface area contributed by atoms with Crippen LogP contribution in [0, 0.1) is 13.8 Å². The second kappa shape index (κ2) is 7.68. The number of ether oxygens (including phenoxy) is 1. The van der Waals surface area contributed by atoms with E-state index in [1.54, 1.807) is 14.0 Å². The summed E-state index contributed by atoms with van der Waals surface area (Å²) in [6.07, 6.45) is -0.872. The van der Waals surface area contributed by atoms with Gasteiger partial charge in [-0.05, 0) is 31.9 Å². The van der Waals surface area contributed by atoms with Crippen molar-refractivity contribution in [3.05, 3.63) is 51.0 Å². The first-order valence-electron chi connectivity index (χ1n) is 7.46. The Balaban J connectivity index is 2.02. The van der Waals surface area contributed by atoms with Crippen molar-refractivity contribution in [2.75, 3.05) is 13.7 Å². The first kappa shape index (κ1) is 17.6. The summed E-state index contributed by atoms with van der Waals surface area (Å²) in [6, 6.07) is 7.59. The Labute approximate surface area is 140 Å². The number of carbonyl (C=O) groups excluding carboxylic acids is 1. The lowest BCUT2D eigenvalue weighted by molar-refractivity contribution is 0.0919. The number of aromatic nitrogens is 1. The lowest BCUT2D eigenvalue weighted by atomic mass is 10.0. The molecule has 0 saturated carbocycles. The van der Waals surface area contributed by atoms with E-state index in [-0.39, 0.29) is 18.6 Å². The molecule has 0 bridgehead atoms. The number of aliphatic hydroxyl groups is 1. The molecule has 1 heterocycles. The highest BCUT2D eigenvalue weighted by Gasteiger charge is 2.19. The van der Waals surface area contributed by atoms with Crippen molar-refractivity contribution < 1.29 is 14.6 Å². The number of methoxy groups -OCH3 is 1. The van der Waals surface area contributed by atoms with Gasteiger partial charge in [0.05, 0.1) is 11.8 Å². The van der Waals surface area contributed by atoms with Gasteiger partial charge >= 0.3 is 0 Å². The number of aliphatic hydroxyl groups excluding tert-OH is 1. The minimum atomic E-state index is -0.731. The van der Waals surface area contributed by atoms with Gasteiger partial charge in [-0.1, -0.05) is 24.3 Å². The molecule has 23 heavy (non-hydrogen) atoms. The van der Waals surface area contributed by atoms with Gasteiger partial charge in [-0.3, -0.25) is 4.79 Å². The Bertz CT molecular complexity index is 684. The summed E-state index contributed by atoms with van der Waals surface area (Å²) in [6.45, 7) is 5.79. The summed E-state index contributed by atoms with van der Waals surface area (Å²) < 4.78 is 5.23. The number of hydrogen-bond acceptors (Lipinski definition) is 5. The third-order valence-electron chi connectivity index (χ3n) is 3.72. The van der Waals surface area contributed by atoms with Crippen molar-refractivity contribution >= 4 is 17.2 Å². The predicted molar refractivity (Wildman–Crippen MR) is 90.7 cm³/mol. The molecule has 0 radical (unpaired) electrons. The zero-order valence-electron chi connectivity index (χ0n) is 13.8. The van der Waals surface area contributed by atoms with Gasteiger partial charge < -0.3 is 15.2 Å². The Kier molecular flexibility index (Phi) is 5.87. The number of amides is 1. The van der Waals surface area contributed by atoms with Crippen LogP contribution in [0.3, 0.4) is 0 Å². The van der Waals surface area contributed by atoms with Crippen LogP contribution in [0.15, 0.2) is 24.3 Å². The van der Waals surface area contributed by atoms with Crippen LogP contribution in [0.25, 0.3) is 0 Å². The van der Waals surface area contributed by atoms with Gasteiger partial charge in [0.1, 0.15) is 16.0 Å². The van der Waals surface area contributed by atoms with Crippen LogP contribution in [0.5, 0.6) is 0 Å². The molecule has 1 aromatic heterocycles. The lowest BCUT2D eigenvalue weighted by Gasteiger charge is -2.14. The molecular formula is C17H22N2O3S. The molecule has 0 spiro atoms. The van der Waals surface area contributed by atoms with Crippen LogP contribution < -0.4 is 5.32 Å². The topological polar surface area (TPSA) is 71.5 Å². The molecule has 5 nitrogen and oxygen atoms in total. The number of benzene rings is 1. The first-order chi connectivity index (χ1) is 10.9. The summed E-state index contributed by atoms with van der Waals surface area (Å²) in [4.78, 5) is 17.2. The van der Waals surface area contributed by atoms with Crippen molar-refractivity contribution in [3.63, 3.8) is 0 Å².